The van der Waals surface area contributed by atoms with E-state index in [9.17, 15) is 4.39 Å². The van der Waals surface area contributed by atoms with Crippen LogP contribution < -0.4 is 0 Å². The molecule has 2 rings (SSSR count). The molecule has 0 unspecified atom stereocenters. The Balaban J connectivity index is 0.000000396. The standard InChI is InChI=1S/C7H6FN3.C2H6/c1-5-7(8)11-6(10-5)3-2-4-9-11;1-2/h2-4H,1H3;1-2H3. The minimum Gasteiger partial charge on any atom is -0.229 e. The number of imidazole rings is 1. The first kappa shape index (κ1) is 9.64. The number of hydrogen-bond acceptors (Lipinski definition) is 2. The van der Waals surface area contributed by atoms with E-state index in [0.717, 1.165) is 0 Å². The molecule has 0 aliphatic heterocycles. The minimum absolute atomic E-state index is 0.378. The Bertz CT molecular complexity index is 395. The van der Waals surface area contributed by atoms with Crippen molar-refractivity contribution in [3.05, 3.63) is 30.0 Å². The monoisotopic (exact) mass is 181 g/mol. The number of aromatic nitrogens is 3. The molecule has 2 heterocycles. The van der Waals surface area contributed by atoms with Crippen LogP contribution in [-0.2, 0) is 0 Å². The number of aryl methyl sites for hydroxylation is 1. The van der Waals surface area contributed by atoms with E-state index >= 15 is 0 Å². The average Bonchev–Trinajstić information content (AvgIpc) is 2.47. The molecule has 0 N–H and O–H groups in total. The average molecular weight is 181 g/mol. The van der Waals surface area contributed by atoms with Crippen molar-refractivity contribution in [2.75, 3.05) is 0 Å². The van der Waals surface area contributed by atoms with Gasteiger partial charge < -0.3 is 0 Å². The van der Waals surface area contributed by atoms with E-state index < -0.39 is 0 Å². The maximum Gasteiger partial charge on any atom is 0.237 e. The molecule has 2 aromatic heterocycles. The Morgan fingerprint density at radius 1 is 1.38 bits per heavy atom. The van der Waals surface area contributed by atoms with Crippen LogP contribution in [-0.4, -0.2) is 14.6 Å². The van der Waals surface area contributed by atoms with Gasteiger partial charge in [0.2, 0.25) is 5.95 Å². The van der Waals surface area contributed by atoms with Crippen molar-refractivity contribution in [2.24, 2.45) is 0 Å². The molecule has 2 aromatic rings. The summed E-state index contributed by atoms with van der Waals surface area (Å²) in [6, 6.07) is 3.43. The van der Waals surface area contributed by atoms with Gasteiger partial charge in [0.1, 0.15) is 0 Å². The minimum atomic E-state index is -0.388. The lowest BCUT2D eigenvalue weighted by molar-refractivity contribution is 0.541. The quantitative estimate of drug-likeness (QED) is 0.623. The second kappa shape index (κ2) is 3.98. The molecule has 0 atom stereocenters. The van der Waals surface area contributed by atoms with Crippen LogP contribution in [0.2, 0.25) is 0 Å². The van der Waals surface area contributed by atoms with E-state index in [0.29, 0.717) is 11.3 Å². The molecule has 0 aromatic carbocycles. The molecule has 0 spiro atoms. The first-order chi connectivity index (χ1) is 6.29. The van der Waals surface area contributed by atoms with Gasteiger partial charge in [0, 0.05) is 6.20 Å². The highest BCUT2D eigenvalue weighted by atomic mass is 19.1. The van der Waals surface area contributed by atoms with Crippen LogP contribution in [0.3, 0.4) is 0 Å². The summed E-state index contributed by atoms with van der Waals surface area (Å²) < 4.78 is 14.2. The normalized spacial score (nSPS) is 9.54. The summed E-state index contributed by atoms with van der Waals surface area (Å²) in [6.45, 7) is 5.62. The van der Waals surface area contributed by atoms with E-state index in [1.165, 1.54) is 10.7 Å². The van der Waals surface area contributed by atoms with Crippen molar-refractivity contribution in [1.82, 2.24) is 14.6 Å². The van der Waals surface area contributed by atoms with Gasteiger partial charge in [0.25, 0.3) is 0 Å². The molecule has 4 heteroatoms. The molecule has 3 nitrogen and oxygen atoms in total. The van der Waals surface area contributed by atoms with Crippen molar-refractivity contribution in [3.63, 3.8) is 0 Å². The molecule has 0 radical (unpaired) electrons. The predicted octanol–water partition coefficient (Wildman–Crippen LogP) is 2.20. The SMILES string of the molecule is CC.Cc1nc2cccnn2c1F. The Labute approximate surface area is 76.2 Å². The van der Waals surface area contributed by atoms with Gasteiger partial charge in [-0.3, -0.25) is 0 Å². The Morgan fingerprint density at radius 2 is 2.08 bits per heavy atom. The molecule has 0 aliphatic rings. The van der Waals surface area contributed by atoms with Gasteiger partial charge in [-0.25, -0.2) is 4.98 Å². The zero-order valence-corrected chi connectivity index (χ0v) is 7.95. The smallest absolute Gasteiger partial charge is 0.229 e. The summed E-state index contributed by atoms with van der Waals surface area (Å²) in [5.41, 5.74) is 0.922. The molecule has 0 saturated carbocycles. The zero-order chi connectivity index (χ0) is 9.84. The number of halogens is 1. The van der Waals surface area contributed by atoms with Crippen molar-refractivity contribution < 1.29 is 4.39 Å². The second-order valence-electron chi connectivity index (χ2n) is 2.28. The van der Waals surface area contributed by atoms with Crippen molar-refractivity contribution in [1.29, 1.82) is 0 Å². The van der Waals surface area contributed by atoms with E-state index in [-0.39, 0.29) is 5.95 Å². The third kappa shape index (κ3) is 1.66. The van der Waals surface area contributed by atoms with Gasteiger partial charge in [0.15, 0.2) is 5.65 Å². The third-order valence-electron chi connectivity index (χ3n) is 1.50. The number of nitrogens with zero attached hydrogens (tertiary/aromatic N) is 3. The van der Waals surface area contributed by atoms with Crippen molar-refractivity contribution >= 4 is 5.65 Å². The predicted molar refractivity (Wildman–Crippen MR) is 49.0 cm³/mol. The lowest BCUT2D eigenvalue weighted by Crippen LogP contribution is -1.92. The summed E-state index contributed by atoms with van der Waals surface area (Å²) in [7, 11) is 0. The molecule has 0 amide bonds. The number of hydrogen-bond donors (Lipinski definition) is 0. The molecule has 0 bridgehead atoms. The fourth-order valence-corrected chi connectivity index (χ4v) is 0.971. The number of fused-ring (bicyclic) bond motifs is 1. The third-order valence-corrected chi connectivity index (χ3v) is 1.50. The summed E-state index contributed by atoms with van der Waals surface area (Å²) in [5, 5.41) is 3.78. The summed E-state index contributed by atoms with van der Waals surface area (Å²) in [4.78, 5) is 3.94. The highest BCUT2D eigenvalue weighted by Crippen LogP contribution is 2.06. The first-order valence-corrected chi connectivity index (χ1v) is 4.25. The van der Waals surface area contributed by atoms with Gasteiger partial charge in [-0.05, 0) is 19.1 Å². The van der Waals surface area contributed by atoms with Crippen LogP contribution in [0.5, 0.6) is 0 Å². The maximum atomic E-state index is 13.0. The molecule has 13 heavy (non-hydrogen) atoms. The van der Waals surface area contributed by atoms with Crippen molar-refractivity contribution in [3.8, 4) is 0 Å². The van der Waals surface area contributed by atoms with E-state index in [2.05, 4.69) is 10.1 Å². The summed E-state index contributed by atoms with van der Waals surface area (Å²) >= 11 is 0. The van der Waals surface area contributed by atoms with Crippen LogP contribution in [0.15, 0.2) is 18.3 Å². The largest absolute Gasteiger partial charge is 0.237 e. The van der Waals surface area contributed by atoms with E-state index in [4.69, 9.17) is 0 Å². The summed E-state index contributed by atoms with van der Waals surface area (Å²) in [6.07, 6.45) is 1.52. The van der Waals surface area contributed by atoms with Crippen LogP contribution in [0, 0.1) is 12.9 Å². The van der Waals surface area contributed by atoms with Crippen LogP contribution in [0.1, 0.15) is 19.5 Å². The second-order valence-corrected chi connectivity index (χ2v) is 2.28. The maximum absolute atomic E-state index is 13.0. The molecular weight excluding hydrogens is 169 g/mol. The summed E-state index contributed by atoms with van der Waals surface area (Å²) in [5.74, 6) is -0.388. The zero-order valence-electron chi connectivity index (χ0n) is 7.95. The van der Waals surface area contributed by atoms with Crippen molar-refractivity contribution in [2.45, 2.75) is 20.8 Å². The van der Waals surface area contributed by atoms with E-state index in [1.54, 1.807) is 19.1 Å². The molecular formula is C9H12FN3. The Morgan fingerprint density at radius 3 is 2.69 bits per heavy atom. The van der Waals surface area contributed by atoms with Gasteiger partial charge >= 0.3 is 0 Å². The lowest BCUT2D eigenvalue weighted by Gasteiger charge is -1.88. The fourth-order valence-electron chi connectivity index (χ4n) is 0.971. The lowest BCUT2D eigenvalue weighted by atomic mass is 10.5. The number of rotatable bonds is 0. The highest BCUT2D eigenvalue weighted by Gasteiger charge is 2.06. The molecule has 0 saturated heterocycles. The van der Waals surface area contributed by atoms with Gasteiger partial charge in [-0.2, -0.15) is 14.0 Å². The van der Waals surface area contributed by atoms with Crippen LogP contribution >= 0.6 is 0 Å². The Hall–Kier alpha value is -1.45. The Kier molecular flexibility index (Phi) is 2.95. The van der Waals surface area contributed by atoms with Gasteiger partial charge in [0.05, 0.1) is 5.69 Å². The molecule has 0 fully saturated rings. The topological polar surface area (TPSA) is 30.2 Å². The van der Waals surface area contributed by atoms with Gasteiger partial charge in [-0.15, -0.1) is 0 Å². The van der Waals surface area contributed by atoms with E-state index in [1.807, 2.05) is 13.8 Å². The van der Waals surface area contributed by atoms with Crippen LogP contribution in [0.4, 0.5) is 4.39 Å². The van der Waals surface area contributed by atoms with Gasteiger partial charge in [-0.1, -0.05) is 13.8 Å². The first-order valence-electron chi connectivity index (χ1n) is 4.25. The highest BCUT2D eigenvalue weighted by molar-refractivity contribution is 5.37. The molecule has 70 valence electrons. The van der Waals surface area contributed by atoms with Crippen LogP contribution in [0.25, 0.3) is 5.65 Å². The fraction of sp³-hybridized carbons (Fsp3) is 0.333. The molecule has 0 aliphatic carbocycles.